The van der Waals surface area contributed by atoms with Gasteiger partial charge in [-0.3, -0.25) is 0 Å². The van der Waals surface area contributed by atoms with Crippen molar-refractivity contribution in [3.63, 3.8) is 0 Å². The summed E-state index contributed by atoms with van der Waals surface area (Å²) in [7, 11) is 0. The van der Waals surface area contributed by atoms with Gasteiger partial charge in [-0.25, -0.2) is 0 Å². The van der Waals surface area contributed by atoms with Crippen LogP contribution in [0.4, 0.5) is 0 Å². The predicted molar refractivity (Wildman–Crippen MR) is 170 cm³/mol. The molecule has 4 saturated carbocycles. The van der Waals surface area contributed by atoms with Crippen LogP contribution in [0, 0.1) is 23.2 Å². The van der Waals surface area contributed by atoms with Crippen LogP contribution in [-0.4, -0.2) is 35.9 Å². The first-order valence-electron chi connectivity index (χ1n) is 17.3. The monoisotopic (exact) mass is 552 g/mol. The average Bonchev–Trinajstić information content (AvgIpc) is 3.70. The minimum absolute atomic E-state index is 0.138. The maximum Gasteiger partial charge on any atom is 0.0705 e. The third-order valence-corrected chi connectivity index (χ3v) is 11.7. The topological polar surface area (TPSA) is 18.5 Å². The van der Waals surface area contributed by atoms with Gasteiger partial charge in [0, 0.05) is 17.6 Å². The van der Waals surface area contributed by atoms with E-state index < -0.39 is 0 Å². The van der Waals surface area contributed by atoms with E-state index in [-0.39, 0.29) is 5.60 Å². The number of hydrogen-bond donors (Lipinski definition) is 0. The van der Waals surface area contributed by atoms with Crippen molar-refractivity contribution in [3.8, 4) is 0 Å². The molecule has 5 rings (SSSR count). The summed E-state index contributed by atoms with van der Waals surface area (Å²) in [4.78, 5) is 0. The highest BCUT2D eigenvalue weighted by atomic mass is 32.2. The first-order valence-corrected chi connectivity index (χ1v) is 18.4. The van der Waals surface area contributed by atoms with E-state index in [9.17, 15) is 0 Å². The summed E-state index contributed by atoms with van der Waals surface area (Å²) >= 11 is 2.05. The molecule has 0 amide bonds. The van der Waals surface area contributed by atoms with Gasteiger partial charge in [-0.05, 0) is 94.3 Å². The van der Waals surface area contributed by atoms with Gasteiger partial charge in [0.05, 0.1) is 18.3 Å². The van der Waals surface area contributed by atoms with Crippen molar-refractivity contribution in [2.24, 2.45) is 23.2 Å². The molecule has 0 bridgehead atoms. The number of thioether (sulfide) groups is 1. The number of hydrogen-bond acceptors (Lipinski definition) is 3. The summed E-state index contributed by atoms with van der Waals surface area (Å²) in [6.07, 6.45) is 25.8. The molecule has 5 fully saturated rings. The van der Waals surface area contributed by atoms with Crippen LogP contribution in [0.1, 0.15) is 164 Å². The highest BCUT2D eigenvalue weighted by molar-refractivity contribution is 8.06. The molecule has 0 aromatic heterocycles. The molecule has 1 heterocycles. The molecule has 0 aromatic rings. The van der Waals surface area contributed by atoms with Crippen LogP contribution in [0.5, 0.6) is 0 Å². The number of ether oxygens (including phenoxy) is 2. The van der Waals surface area contributed by atoms with E-state index in [4.69, 9.17) is 9.47 Å². The first-order chi connectivity index (χ1) is 18.4. The van der Waals surface area contributed by atoms with Gasteiger partial charge in [0.25, 0.3) is 0 Å². The molecule has 0 N–H and O–H groups in total. The quantitative estimate of drug-likeness (QED) is 0.251. The van der Waals surface area contributed by atoms with E-state index in [1.54, 1.807) is 0 Å². The Morgan fingerprint density at radius 3 is 1.37 bits per heavy atom. The molecule has 0 spiro atoms. The fraction of sp³-hybridized carbons (Fsp3) is 1.00. The largest absolute Gasteiger partial charge is 0.377 e. The van der Waals surface area contributed by atoms with Crippen molar-refractivity contribution in [3.05, 3.63) is 0 Å². The van der Waals surface area contributed by atoms with Crippen LogP contribution in [0.3, 0.4) is 0 Å². The Morgan fingerprint density at radius 2 is 1.03 bits per heavy atom. The zero-order valence-corrected chi connectivity index (χ0v) is 27.8. The summed E-state index contributed by atoms with van der Waals surface area (Å²) in [5.74, 6) is 3.87. The molecule has 4 aliphatic carbocycles. The molecule has 1 atom stereocenters. The van der Waals surface area contributed by atoms with E-state index in [0.29, 0.717) is 11.5 Å². The minimum atomic E-state index is 0.138. The normalized spacial score (nSPS) is 30.6. The molecular formula is C35H68O2S. The molecule has 38 heavy (non-hydrogen) atoms. The highest BCUT2D eigenvalue weighted by Crippen LogP contribution is 2.51. The van der Waals surface area contributed by atoms with Crippen LogP contribution < -0.4 is 0 Å². The summed E-state index contributed by atoms with van der Waals surface area (Å²) in [6.45, 7) is 17.9. The van der Waals surface area contributed by atoms with Gasteiger partial charge in [-0.1, -0.05) is 92.9 Å². The Hall–Kier alpha value is 0.270. The van der Waals surface area contributed by atoms with Crippen molar-refractivity contribution in [1.82, 2.24) is 0 Å². The van der Waals surface area contributed by atoms with E-state index in [0.717, 1.165) is 36.2 Å². The first kappa shape index (κ1) is 34.5. The van der Waals surface area contributed by atoms with Crippen LogP contribution in [0.2, 0.25) is 0 Å². The Labute approximate surface area is 243 Å². The summed E-state index contributed by atoms with van der Waals surface area (Å²) in [5, 5.41) is 0.819. The zero-order valence-electron chi connectivity index (χ0n) is 27.0. The van der Waals surface area contributed by atoms with Crippen molar-refractivity contribution in [2.45, 2.75) is 181 Å². The van der Waals surface area contributed by atoms with Crippen LogP contribution in [0.25, 0.3) is 0 Å². The standard InChI is InChI=1S/C25H46O2S.2C4H8.C2H6/c1-6-25(7-2,27-8-3)21-11-9-19(10-12-21)24(4,5)20-13-15-22(16-14-20)26-17-23-18-28-23;2*1-2-4-3-1;1-2/h19-23H,6-18H2,1-5H3;2*1-4H2;1-2H3. The van der Waals surface area contributed by atoms with E-state index in [1.165, 1.54) is 121 Å². The number of rotatable bonds is 10. The van der Waals surface area contributed by atoms with Gasteiger partial charge in [-0.15, -0.1) is 0 Å². The third kappa shape index (κ3) is 10.9. The van der Waals surface area contributed by atoms with Crippen LogP contribution in [-0.2, 0) is 9.47 Å². The second kappa shape index (κ2) is 18.7. The maximum atomic E-state index is 6.35. The zero-order chi connectivity index (χ0) is 27.9. The summed E-state index contributed by atoms with van der Waals surface area (Å²) in [6, 6.07) is 0. The molecule has 1 saturated heterocycles. The second-order valence-electron chi connectivity index (χ2n) is 13.2. The molecule has 5 aliphatic rings. The summed E-state index contributed by atoms with van der Waals surface area (Å²) < 4.78 is 12.5. The molecule has 1 aliphatic heterocycles. The maximum absolute atomic E-state index is 6.35. The lowest BCUT2D eigenvalue weighted by Gasteiger charge is -2.49. The average molecular weight is 553 g/mol. The fourth-order valence-electron chi connectivity index (χ4n) is 7.01. The van der Waals surface area contributed by atoms with Gasteiger partial charge in [0.1, 0.15) is 0 Å². The van der Waals surface area contributed by atoms with Gasteiger partial charge < -0.3 is 9.47 Å². The van der Waals surface area contributed by atoms with Crippen molar-refractivity contribution in [1.29, 1.82) is 0 Å². The fourth-order valence-corrected chi connectivity index (χ4v) is 7.42. The van der Waals surface area contributed by atoms with Crippen molar-refractivity contribution in [2.75, 3.05) is 19.0 Å². The Bertz CT molecular complexity index is 542. The Balaban J connectivity index is 0.000000424. The predicted octanol–water partition coefficient (Wildman–Crippen LogP) is 11.3. The molecule has 3 heteroatoms. The molecule has 2 nitrogen and oxygen atoms in total. The van der Waals surface area contributed by atoms with Gasteiger partial charge >= 0.3 is 0 Å². The third-order valence-electron chi connectivity index (χ3n) is 10.8. The van der Waals surface area contributed by atoms with Crippen molar-refractivity contribution < 1.29 is 9.47 Å². The minimum Gasteiger partial charge on any atom is -0.377 e. The van der Waals surface area contributed by atoms with E-state index in [1.807, 2.05) is 13.8 Å². The van der Waals surface area contributed by atoms with Crippen LogP contribution >= 0.6 is 11.8 Å². The lowest BCUT2D eigenvalue weighted by molar-refractivity contribution is -0.107. The molecule has 0 radical (unpaired) electrons. The Kier molecular flexibility index (Phi) is 16.9. The Morgan fingerprint density at radius 1 is 0.632 bits per heavy atom. The summed E-state index contributed by atoms with van der Waals surface area (Å²) in [5.41, 5.74) is 0.619. The van der Waals surface area contributed by atoms with Gasteiger partial charge in [0.2, 0.25) is 0 Å². The smallest absolute Gasteiger partial charge is 0.0705 e. The SMILES string of the molecule is C1CCC1.C1CCC1.CC.CCOC(CC)(CC)C1CCC(C(C)(C)C2CCC(OCC3CS3)CC2)CC1. The molecule has 226 valence electrons. The van der Waals surface area contributed by atoms with E-state index >= 15 is 0 Å². The van der Waals surface area contributed by atoms with E-state index in [2.05, 4.69) is 46.4 Å². The van der Waals surface area contributed by atoms with Gasteiger partial charge in [0.15, 0.2) is 0 Å². The van der Waals surface area contributed by atoms with Crippen LogP contribution in [0.15, 0.2) is 0 Å². The lowest BCUT2D eigenvalue weighted by atomic mass is 9.58. The van der Waals surface area contributed by atoms with Crippen molar-refractivity contribution >= 4 is 11.8 Å². The van der Waals surface area contributed by atoms with Gasteiger partial charge in [-0.2, -0.15) is 11.8 Å². The molecule has 1 unspecified atom stereocenters. The molecular weight excluding hydrogens is 484 g/mol. The highest BCUT2D eigenvalue weighted by Gasteiger charge is 2.44. The molecule has 0 aromatic carbocycles. The lowest BCUT2D eigenvalue weighted by Crippen LogP contribution is -2.44. The second-order valence-corrected chi connectivity index (χ2v) is 14.5.